The van der Waals surface area contributed by atoms with E-state index < -0.39 is 11.4 Å². The first-order valence-electron chi connectivity index (χ1n) is 10.7. The van der Waals surface area contributed by atoms with Crippen LogP contribution in [0.5, 0.6) is 0 Å². The van der Waals surface area contributed by atoms with Crippen LogP contribution in [0.4, 0.5) is 4.39 Å². The van der Waals surface area contributed by atoms with Gasteiger partial charge in [0.05, 0.1) is 19.8 Å². The van der Waals surface area contributed by atoms with E-state index in [1.807, 2.05) is 44.2 Å². The molecule has 174 valence electrons. The number of ether oxygens (including phenoxy) is 4. The van der Waals surface area contributed by atoms with E-state index in [0.717, 1.165) is 11.1 Å². The fraction of sp³-hybridized carbons (Fsp3) is 0.296. The number of hydrogen-bond acceptors (Lipinski definition) is 5. The smallest absolute Gasteiger partial charge is 0.181 e. The first-order chi connectivity index (χ1) is 15.7. The third-order valence-electron chi connectivity index (χ3n) is 5.23. The van der Waals surface area contributed by atoms with Crippen LogP contribution in [-0.2, 0) is 35.8 Å². The molecule has 0 aliphatic carbocycles. The van der Waals surface area contributed by atoms with Gasteiger partial charge in [-0.2, -0.15) is 0 Å². The third-order valence-corrected chi connectivity index (χ3v) is 5.23. The molecule has 33 heavy (non-hydrogen) atoms. The van der Waals surface area contributed by atoms with Crippen molar-refractivity contribution in [2.75, 3.05) is 19.8 Å². The zero-order valence-electron chi connectivity index (χ0n) is 19.0. The first kappa shape index (κ1) is 24.4. The van der Waals surface area contributed by atoms with E-state index in [1.54, 1.807) is 12.1 Å². The number of carbonyl (C=O) groups excluding carboxylic acids is 1. The Balaban J connectivity index is 1.80. The molecule has 0 aromatic heterocycles. The minimum atomic E-state index is -0.977. The Hall–Kier alpha value is -3.22. The molecular formula is C27H29FO5. The molecule has 1 aliphatic heterocycles. The minimum Gasteiger partial charge on any atom is -0.490 e. The Labute approximate surface area is 194 Å². The summed E-state index contributed by atoms with van der Waals surface area (Å²) in [6.07, 6.45) is 2.66. The molecule has 1 heterocycles. The average Bonchev–Trinajstić information content (AvgIpc) is 2.81. The van der Waals surface area contributed by atoms with E-state index in [1.165, 1.54) is 18.2 Å². The Kier molecular flexibility index (Phi) is 7.84. The lowest BCUT2D eigenvalue weighted by Crippen LogP contribution is -2.50. The highest BCUT2D eigenvalue weighted by molar-refractivity contribution is 5.76. The molecule has 1 fully saturated rings. The molecule has 0 N–H and O–H groups in total. The molecule has 0 bridgehead atoms. The second-order valence-electron chi connectivity index (χ2n) is 8.29. The van der Waals surface area contributed by atoms with Crippen LogP contribution in [0.25, 0.3) is 0 Å². The number of carbonyl (C=O) groups is 1. The molecule has 0 radical (unpaired) electrons. The van der Waals surface area contributed by atoms with Crippen LogP contribution in [-0.4, -0.2) is 31.9 Å². The quantitative estimate of drug-likeness (QED) is 0.214. The molecule has 2 aromatic rings. The van der Waals surface area contributed by atoms with Gasteiger partial charge in [-0.15, -0.1) is 0 Å². The summed E-state index contributed by atoms with van der Waals surface area (Å²) in [5.41, 5.74) is 0.997. The molecule has 0 spiro atoms. The lowest BCUT2D eigenvalue weighted by Gasteiger charge is -2.44. The van der Waals surface area contributed by atoms with Gasteiger partial charge in [0, 0.05) is 17.6 Å². The second kappa shape index (κ2) is 10.6. The number of aldehydes is 1. The van der Waals surface area contributed by atoms with E-state index in [4.69, 9.17) is 18.9 Å². The largest absolute Gasteiger partial charge is 0.490 e. The molecular weight excluding hydrogens is 423 g/mol. The standard InChI is InChI=1S/C27H29FO5/c1-20(17-29)16-25(21(2)30-15-14-22-10-12-24(28)13-11-22)33-27(23-8-6-5-7-9-23)18-31-26(3,4)32-19-27/h5-13,16-17H,1-2,14-15,18-19H2,3-4H3/b25-16+. The van der Waals surface area contributed by atoms with Gasteiger partial charge in [0.25, 0.3) is 0 Å². The fourth-order valence-corrected chi connectivity index (χ4v) is 3.28. The van der Waals surface area contributed by atoms with Crippen LogP contribution in [0.1, 0.15) is 25.0 Å². The Bertz CT molecular complexity index is 999. The molecule has 5 nitrogen and oxygen atoms in total. The molecule has 3 rings (SSSR count). The van der Waals surface area contributed by atoms with Gasteiger partial charge in [0.15, 0.2) is 22.9 Å². The summed E-state index contributed by atoms with van der Waals surface area (Å²) in [6, 6.07) is 15.8. The molecule has 0 saturated carbocycles. The molecule has 6 heteroatoms. The normalized spacial score (nSPS) is 17.1. The van der Waals surface area contributed by atoms with Crippen LogP contribution in [0.15, 0.2) is 90.9 Å². The van der Waals surface area contributed by atoms with Gasteiger partial charge in [-0.1, -0.05) is 55.6 Å². The predicted octanol–water partition coefficient (Wildman–Crippen LogP) is 5.23. The maximum absolute atomic E-state index is 13.1. The van der Waals surface area contributed by atoms with Crippen molar-refractivity contribution in [2.45, 2.75) is 31.7 Å². The summed E-state index contributed by atoms with van der Waals surface area (Å²) in [7, 11) is 0. The van der Waals surface area contributed by atoms with Crippen molar-refractivity contribution in [3.05, 3.63) is 108 Å². The molecule has 0 unspecified atom stereocenters. The zero-order valence-corrected chi connectivity index (χ0v) is 19.0. The van der Waals surface area contributed by atoms with Crippen LogP contribution in [0.2, 0.25) is 0 Å². The van der Waals surface area contributed by atoms with E-state index in [9.17, 15) is 9.18 Å². The predicted molar refractivity (Wildman–Crippen MR) is 124 cm³/mol. The lowest BCUT2D eigenvalue weighted by molar-refractivity contribution is -0.308. The maximum Gasteiger partial charge on any atom is 0.181 e. The minimum absolute atomic E-state index is 0.203. The summed E-state index contributed by atoms with van der Waals surface area (Å²) in [5.74, 6) is -0.552. The van der Waals surface area contributed by atoms with Gasteiger partial charge < -0.3 is 18.9 Å². The summed E-state index contributed by atoms with van der Waals surface area (Å²) in [4.78, 5) is 11.3. The highest BCUT2D eigenvalue weighted by atomic mass is 19.1. The van der Waals surface area contributed by atoms with Crippen molar-refractivity contribution in [2.24, 2.45) is 0 Å². The molecule has 1 saturated heterocycles. The van der Waals surface area contributed by atoms with Crippen molar-refractivity contribution >= 4 is 6.29 Å². The van der Waals surface area contributed by atoms with Gasteiger partial charge in [0.1, 0.15) is 12.1 Å². The van der Waals surface area contributed by atoms with Crippen LogP contribution in [0.3, 0.4) is 0 Å². The van der Waals surface area contributed by atoms with Crippen LogP contribution >= 0.6 is 0 Å². The number of halogens is 1. The maximum atomic E-state index is 13.1. The third kappa shape index (κ3) is 6.63. The zero-order chi connectivity index (χ0) is 23.9. The van der Waals surface area contributed by atoms with Gasteiger partial charge >= 0.3 is 0 Å². The van der Waals surface area contributed by atoms with Crippen molar-refractivity contribution < 1.29 is 28.1 Å². The van der Waals surface area contributed by atoms with Crippen LogP contribution in [0, 0.1) is 5.82 Å². The van der Waals surface area contributed by atoms with Gasteiger partial charge in [-0.25, -0.2) is 4.39 Å². The van der Waals surface area contributed by atoms with E-state index in [2.05, 4.69) is 13.2 Å². The molecule has 2 aromatic carbocycles. The fourth-order valence-electron chi connectivity index (χ4n) is 3.28. The van der Waals surface area contributed by atoms with Gasteiger partial charge in [-0.3, -0.25) is 4.79 Å². The van der Waals surface area contributed by atoms with E-state index >= 15 is 0 Å². The Morgan fingerprint density at radius 3 is 2.30 bits per heavy atom. The number of allylic oxidation sites excluding steroid dienone is 2. The highest BCUT2D eigenvalue weighted by Gasteiger charge is 2.44. The van der Waals surface area contributed by atoms with Gasteiger partial charge in [-0.05, 0) is 37.6 Å². The van der Waals surface area contributed by atoms with E-state index in [0.29, 0.717) is 12.7 Å². The summed E-state index contributed by atoms with van der Waals surface area (Å²) < 4.78 is 37.2. The second-order valence-corrected chi connectivity index (χ2v) is 8.29. The number of benzene rings is 2. The van der Waals surface area contributed by atoms with Crippen molar-refractivity contribution in [1.82, 2.24) is 0 Å². The van der Waals surface area contributed by atoms with Gasteiger partial charge in [0.2, 0.25) is 0 Å². The Morgan fingerprint density at radius 2 is 1.70 bits per heavy atom. The van der Waals surface area contributed by atoms with Crippen molar-refractivity contribution in [3.63, 3.8) is 0 Å². The summed E-state index contributed by atoms with van der Waals surface area (Å²) >= 11 is 0. The topological polar surface area (TPSA) is 54.0 Å². The molecule has 0 amide bonds. The first-order valence-corrected chi connectivity index (χ1v) is 10.7. The molecule has 1 aliphatic rings. The summed E-state index contributed by atoms with van der Waals surface area (Å²) in [6.45, 7) is 12.1. The SMILES string of the molecule is C=C(C=O)/C=C(/OC1(c2ccccc2)COC(C)(C)OC1)C(=C)OCCc1ccc(F)cc1. The molecule has 0 atom stereocenters. The number of rotatable bonds is 10. The van der Waals surface area contributed by atoms with Crippen molar-refractivity contribution in [3.8, 4) is 0 Å². The summed E-state index contributed by atoms with van der Waals surface area (Å²) in [5, 5.41) is 0. The van der Waals surface area contributed by atoms with Crippen molar-refractivity contribution in [1.29, 1.82) is 0 Å². The lowest BCUT2D eigenvalue weighted by atomic mass is 9.93. The monoisotopic (exact) mass is 452 g/mol. The highest BCUT2D eigenvalue weighted by Crippen LogP contribution is 2.37. The average molecular weight is 453 g/mol. The van der Waals surface area contributed by atoms with E-state index in [-0.39, 0.29) is 42.7 Å². The Morgan fingerprint density at radius 1 is 1.06 bits per heavy atom. The van der Waals surface area contributed by atoms with Crippen LogP contribution < -0.4 is 0 Å². The number of hydrogen-bond donors (Lipinski definition) is 0.